The molecule has 3 heteroatoms. The first-order valence-corrected chi connectivity index (χ1v) is 6.18. The van der Waals surface area contributed by atoms with Crippen LogP contribution in [0.15, 0.2) is 61.0 Å². The molecular weight excluding hydrogens is 244 g/mol. The lowest BCUT2D eigenvalue weighted by atomic mass is 9.86. The molecule has 2 unspecified atom stereocenters. The van der Waals surface area contributed by atoms with Gasteiger partial charge in [-0.15, -0.1) is 0 Å². The molecule has 2 atom stereocenters. The summed E-state index contributed by atoms with van der Waals surface area (Å²) >= 11 is 0. The van der Waals surface area contributed by atoms with Crippen LogP contribution in [0.1, 0.15) is 24.8 Å². The van der Waals surface area contributed by atoms with Crippen LogP contribution in [0, 0.1) is 5.82 Å². The maximum atomic E-state index is 13.3. The summed E-state index contributed by atoms with van der Waals surface area (Å²) in [6.07, 6.45) is 5.67. The quantitative estimate of drug-likeness (QED) is 0.763. The molecule has 0 aliphatic rings. The molecule has 0 saturated heterocycles. The van der Waals surface area contributed by atoms with Crippen molar-refractivity contribution in [3.63, 3.8) is 0 Å². The molecule has 102 valence electrons. The van der Waals surface area contributed by atoms with Crippen LogP contribution >= 0.6 is 0 Å². The van der Waals surface area contributed by atoms with E-state index in [-0.39, 0.29) is 17.8 Å². The molecule has 19 heavy (non-hydrogen) atoms. The van der Waals surface area contributed by atoms with E-state index in [0.29, 0.717) is 12.8 Å². The lowest BCUT2D eigenvalue weighted by Crippen LogP contribution is -2.19. The normalized spacial score (nSPS) is 14.9. The maximum absolute atomic E-state index is 13.3. The van der Waals surface area contributed by atoms with Gasteiger partial charge in [0.2, 0.25) is 0 Å². The summed E-state index contributed by atoms with van der Waals surface area (Å²) in [5, 5.41) is 0. The lowest BCUT2D eigenvalue weighted by Gasteiger charge is -2.20. The summed E-state index contributed by atoms with van der Waals surface area (Å²) in [5.74, 6) is -0.354. The van der Waals surface area contributed by atoms with Gasteiger partial charge in [0, 0.05) is 12.0 Å². The van der Waals surface area contributed by atoms with Crippen molar-refractivity contribution < 1.29 is 8.78 Å². The Kier molecular flexibility index (Phi) is 6.16. The summed E-state index contributed by atoms with van der Waals surface area (Å²) < 4.78 is 25.2. The van der Waals surface area contributed by atoms with E-state index < -0.39 is 0 Å². The summed E-state index contributed by atoms with van der Waals surface area (Å²) in [6.45, 7) is 5.86. The number of benzene rings is 1. The summed E-state index contributed by atoms with van der Waals surface area (Å²) in [6, 6.07) is 6.36. The van der Waals surface area contributed by atoms with Gasteiger partial charge >= 0.3 is 0 Å². The second kappa shape index (κ2) is 7.64. The number of nitrogens with two attached hydrogens (primary N) is 1. The average Bonchev–Trinajstić information content (AvgIpc) is 2.36. The van der Waals surface area contributed by atoms with Crippen LogP contribution in [0.25, 0.3) is 0 Å². The van der Waals surface area contributed by atoms with Crippen LogP contribution in [-0.4, -0.2) is 6.04 Å². The van der Waals surface area contributed by atoms with E-state index >= 15 is 0 Å². The highest BCUT2D eigenvalue weighted by atomic mass is 19.1. The molecule has 0 amide bonds. The predicted octanol–water partition coefficient (Wildman–Crippen LogP) is 4.24. The van der Waals surface area contributed by atoms with Crippen molar-refractivity contribution in [2.75, 3.05) is 0 Å². The molecule has 0 aromatic heterocycles. The average molecular weight is 263 g/mol. The van der Waals surface area contributed by atoms with Gasteiger partial charge in [-0.3, -0.25) is 0 Å². The smallest absolute Gasteiger partial charge is 0.123 e. The number of hydrogen-bond acceptors (Lipinski definition) is 1. The largest absolute Gasteiger partial charge is 0.328 e. The molecule has 0 heterocycles. The second-order valence-electron chi connectivity index (χ2n) is 4.57. The van der Waals surface area contributed by atoms with Crippen molar-refractivity contribution in [3.05, 3.63) is 72.4 Å². The van der Waals surface area contributed by atoms with Gasteiger partial charge in [0.15, 0.2) is 0 Å². The highest BCUT2D eigenvalue weighted by molar-refractivity contribution is 5.34. The van der Waals surface area contributed by atoms with Crippen molar-refractivity contribution in [2.24, 2.45) is 5.73 Å². The summed E-state index contributed by atoms with van der Waals surface area (Å²) in [5.41, 5.74) is 7.44. The summed E-state index contributed by atoms with van der Waals surface area (Å²) in [7, 11) is 0. The SMILES string of the molecule is C=C(/C=C\C=C\F)C(CC(C)N)c1cccc(F)c1. The van der Waals surface area contributed by atoms with Crippen LogP contribution in [0.2, 0.25) is 0 Å². The Morgan fingerprint density at radius 3 is 2.74 bits per heavy atom. The molecule has 0 spiro atoms. The van der Waals surface area contributed by atoms with E-state index in [0.717, 1.165) is 11.1 Å². The number of allylic oxidation sites excluding steroid dienone is 4. The first-order valence-electron chi connectivity index (χ1n) is 6.18. The third kappa shape index (κ3) is 5.18. The predicted molar refractivity (Wildman–Crippen MR) is 75.9 cm³/mol. The van der Waals surface area contributed by atoms with Crippen molar-refractivity contribution in [1.82, 2.24) is 0 Å². The van der Waals surface area contributed by atoms with Crippen LogP contribution in [-0.2, 0) is 0 Å². The molecular formula is C16H19F2N. The van der Waals surface area contributed by atoms with Crippen LogP contribution < -0.4 is 5.73 Å². The molecule has 2 N–H and O–H groups in total. The molecule has 1 nitrogen and oxygen atoms in total. The third-order valence-corrected chi connectivity index (χ3v) is 2.80. The standard InChI is InChI=1S/C16H19F2N/c1-12(6-3-4-9-17)16(10-13(2)19)14-7-5-8-15(18)11-14/h3-9,11,13,16H,1,10,19H2,2H3/b6-3-,9-4+. The molecule has 1 aromatic carbocycles. The van der Waals surface area contributed by atoms with E-state index in [1.165, 1.54) is 18.2 Å². The van der Waals surface area contributed by atoms with Gasteiger partial charge in [0.1, 0.15) is 5.82 Å². The Balaban J connectivity index is 2.97. The fourth-order valence-corrected chi connectivity index (χ4v) is 1.93. The van der Waals surface area contributed by atoms with E-state index in [9.17, 15) is 8.78 Å². The fraction of sp³-hybridized carbons (Fsp3) is 0.250. The molecule has 0 aliphatic carbocycles. The zero-order chi connectivity index (χ0) is 14.3. The fourth-order valence-electron chi connectivity index (χ4n) is 1.93. The molecule has 0 radical (unpaired) electrons. The Bertz CT molecular complexity index is 475. The number of hydrogen-bond donors (Lipinski definition) is 1. The minimum absolute atomic E-state index is 0.0323. The molecule has 0 aliphatic heterocycles. The van der Waals surface area contributed by atoms with Crippen molar-refractivity contribution in [1.29, 1.82) is 0 Å². The summed E-state index contributed by atoms with van der Waals surface area (Å²) in [4.78, 5) is 0. The minimum atomic E-state index is -0.285. The molecule has 1 rings (SSSR count). The lowest BCUT2D eigenvalue weighted by molar-refractivity contribution is 0.595. The maximum Gasteiger partial charge on any atom is 0.123 e. The van der Waals surface area contributed by atoms with Gasteiger partial charge in [-0.1, -0.05) is 30.9 Å². The third-order valence-electron chi connectivity index (χ3n) is 2.80. The van der Waals surface area contributed by atoms with Crippen LogP contribution in [0.4, 0.5) is 8.78 Å². The Morgan fingerprint density at radius 1 is 1.42 bits per heavy atom. The Hall–Kier alpha value is -1.74. The second-order valence-corrected chi connectivity index (χ2v) is 4.57. The molecule has 1 aromatic rings. The van der Waals surface area contributed by atoms with Gasteiger partial charge in [0.25, 0.3) is 0 Å². The number of rotatable bonds is 6. The zero-order valence-electron chi connectivity index (χ0n) is 11.0. The minimum Gasteiger partial charge on any atom is -0.328 e. The number of halogens is 2. The van der Waals surface area contributed by atoms with Gasteiger partial charge in [-0.05, 0) is 42.7 Å². The van der Waals surface area contributed by atoms with E-state index in [1.54, 1.807) is 18.2 Å². The van der Waals surface area contributed by atoms with Gasteiger partial charge < -0.3 is 5.73 Å². The Morgan fingerprint density at radius 2 is 2.16 bits per heavy atom. The molecule has 0 fully saturated rings. The first-order chi connectivity index (χ1) is 9.04. The highest BCUT2D eigenvalue weighted by Gasteiger charge is 2.16. The highest BCUT2D eigenvalue weighted by Crippen LogP contribution is 2.29. The molecule has 0 bridgehead atoms. The zero-order valence-corrected chi connectivity index (χ0v) is 11.0. The van der Waals surface area contributed by atoms with E-state index in [1.807, 2.05) is 13.0 Å². The molecule has 0 saturated carbocycles. The van der Waals surface area contributed by atoms with E-state index in [2.05, 4.69) is 6.58 Å². The monoisotopic (exact) mass is 263 g/mol. The first kappa shape index (κ1) is 15.3. The van der Waals surface area contributed by atoms with Crippen molar-refractivity contribution in [3.8, 4) is 0 Å². The van der Waals surface area contributed by atoms with E-state index in [4.69, 9.17) is 5.73 Å². The van der Waals surface area contributed by atoms with Gasteiger partial charge in [-0.2, -0.15) is 0 Å². The van der Waals surface area contributed by atoms with Crippen molar-refractivity contribution >= 4 is 0 Å². The Labute approximate surface area is 113 Å². The van der Waals surface area contributed by atoms with Crippen LogP contribution in [0.3, 0.4) is 0 Å². The van der Waals surface area contributed by atoms with Gasteiger partial charge in [-0.25, -0.2) is 8.78 Å². The van der Waals surface area contributed by atoms with Gasteiger partial charge in [0.05, 0.1) is 6.33 Å². The van der Waals surface area contributed by atoms with Crippen LogP contribution in [0.5, 0.6) is 0 Å². The van der Waals surface area contributed by atoms with Crippen molar-refractivity contribution in [2.45, 2.75) is 25.3 Å². The topological polar surface area (TPSA) is 26.0 Å².